The van der Waals surface area contributed by atoms with Crippen LogP contribution in [0, 0.1) is 0 Å². The quantitative estimate of drug-likeness (QED) is 0.0166. The van der Waals surface area contributed by atoms with Gasteiger partial charge in [0.15, 0.2) is 0 Å². The lowest BCUT2D eigenvalue weighted by Crippen LogP contribution is -2.25. The Kier molecular flexibility index (Phi) is 42.2. The second-order valence-corrected chi connectivity index (χ2v) is 19.0. The first-order chi connectivity index (χ1) is 30.8. The van der Waals surface area contributed by atoms with E-state index in [4.69, 9.17) is 9.47 Å². The van der Waals surface area contributed by atoms with Crippen LogP contribution in [0.5, 0.6) is 0 Å². The summed E-state index contributed by atoms with van der Waals surface area (Å²) in [5.74, 6) is -1.05. The fourth-order valence-electron chi connectivity index (χ4n) is 6.03. The SMILES string of the molecule is CCCCC/C=C\C/C=C\C/C=C\C/C=C\CCCC(=O)OCC(O)COP(=O)(O)OCC(O)COP(=O)(O)OCC(O)COC(=O)CCCCCCCCCCCCCCCCC. The molecule has 0 rings (SSSR count). The van der Waals surface area contributed by atoms with Crippen molar-refractivity contribution in [2.45, 2.75) is 199 Å². The molecule has 5 atom stereocenters. The highest BCUT2D eigenvalue weighted by atomic mass is 31.2. The summed E-state index contributed by atoms with van der Waals surface area (Å²) >= 11 is 0. The van der Waals surface area contributed by atoms with Crippen molar-refractivity contribution < 1.29 is 71.4 Å². The average Bonchev–Trinajstić information content (AvgIpc) is 3.27. The van der Waals surface area contributed by atoms with Gasteiger partial charge >= 0.3 is 27.6 Å². The number of allylic oxidation sites excluding steroid dienone is 8. The summed E-state index contributed by atoms with van der Waals surface area (Å²) in [6.07, 6.45) is 39.6. The molecule has 0 saturated carbocycles. The third kappa shape index (κ3) is 45.2. The molecule has 0 fully saturated rings. The maximum atomic E-state index is 12.1. The fourth-order valence-corrected chi connectivity index (χ4v) is 7.62. The number of unbranched alkanes of at least 4 members (excludes halogenated alkanes) is 18. The molecule has 0 spiro atoms. The molecule has 5 N–H and O–H groups in total. The molecule has 0 aliphatic carbocycles. The van der Waals surface area contributed by atoms with Gasteiger partial charge in [0, 0.05) is 12.8 Å². The maximum Gasteiger partial charge on any atom is 0.472 e. The molecular weight excluding hydrogens is 866 g/mol. The number of aliphatic hydroxyl groups excluding tert-OH is 3. The van der Waals surface area contributed by atoms with Crippen LogP contribution in [0.25, 0.3) is 0 Å². The first-order valence-electron chi connectivity index (χ1n) is 24.0. The second-order valence-electron chi connectivity index (χ2n) is 16.1. The summed E-state index contributed by atoms with van der Waals surface area (Å²) in [4.78, 5) is 43.7. The summed E-state index contributed by atoms with van der Waals surface area (Å²) in [5, 5.41) is 30.0. The lowest BCUT2D eigenvalue weighted by molar-refractivity contribution is -0.148. The van der Waals surface area contributed by atoms with E-state index in [1.807, 2.05) is 12.2 Å². The molecule has 0 heterocycles. The van der Waals surface area contributed by atoms with Gasteiger partial charge in [-0.3, -0.25) is 27.7 Å². The van der Waals surface area contributed by atoms with E-state index in [0.717, 1.165) is 44.9 Å². The van der Waals surface area contributed by atoms with Crippen LogP contribution in [0.1, 0.15) is 181 Å². The van der Waals surface area contributed by atoms with E-state index in [9.17, 15) is 43.8 Å². The van der Waals surface area contributed by atoms with Crippen LogP contribution < -0.4 is 0 Å². The maximum absolute atomic E-state index is 12.1. The third-order valence-electron chi connectivity index (χ3n) is 9.79. The van der Waals surface area contributed by atoms with Crippen molar-refractivity contribution in [3.8, 4) is 0 Å². The van der Waals surface area contributed by atoms with Crippen molar-refractivity contribution >= 4 is 27.6 Å². The van der Waals surface area contributed by atoms with E-state index >= 15 is 0 Å². The summed E-state index contributed by atoms with van der Waals surface area (Å²) in [6, 6.07) is 0. The van der Waals surface area contributed by atoms with Gasteiger partial charge < -0.3 is 34.6 Å². The molecule has 0 aromatic heterocycles. The van der Waals surface area contributed by atoms with E-state index in [2.05, 4.69) is 68.4 Å². The van der Waals surface area contributed by atoms with Crippen LogP contribution in [0.3, 0.4) is 0 Å². The van der Waals surface area contributed by atoms with Crippen LogP contribution in [-0.2, 0) is 46.3 Å². The summed E-state index contributed by atoms with van der Waals surface area (Å²) in [7, 11) is -9.58. The molecule has 0 bridgehead atoms. The smallest absolute Gasteiger partial charge is 0.463 e. The fraction of sp³-hybridized carbons (Fsp3) is 0.787. The van der Waals surface area contributed by atoms with Gasteiger partial charge in [-0.25, -0.2) is 9.13 Å². The summed E-state index contributed by atoms with van der Waals surface area (Å²) in [6.45, 7) is 0.334. The van der Waals surface area contributed by atoms with E-state index in [-0.39, 0.29) is 12.8 Å². The van der Waals surface area contributed by atoms with Gasteiger partial charge in [-0.15, -0.1) is 0 Å². The van der Waals surface area contributed by atoms with E-state index < -0.39 is 85.5 Å². The first-order valence-corrected chi connectivity index (χ1v) is 27.0. The second kappa shape index (κ2) is 43.6. The number of phosphoric ester groups is 2. The molecule has 0 aromatic rings. The number of rotatable bonds is 46. The summed E-state index contributed by atoms with van der Waals surface area (Å²) < 4.78 is 52.9. The van der Waals surface area contributed by atoms with Crippen molar-refractivity contribution in [1.82, 2.24) is 0 Å². The molecule has 0 amide bonds. The molecular formula is C47H86O15P2. The highest BCUT2D eigenvalue weighted by Crippen LogP contribution is 2.45. The first kappa shape index (κ1) is 62.0. The van der Waals surface area contributed by atoms with Crippen molar-refractivity contribution in [2.24, 2.45) is 0 Å². The Morgan fingerprint density at radius 3 is 1.06 bits per heavy atom. The van der Waals surface area contributed by atoms with Gasteiger partial charge in [-0.1, -0.05) is 165 Å². The number of ether oxygens (including phenoxy) is 2. The van der Waals surface area contributed by atoms with Gasteiger partial charge in [-0.2, -0.15) is 0 Å². The van der Waals surface area contributed by atoms with Crippen LogP contribution in [-0.4, -0.2) is 95.0 Å². The number of carbonyl (C=O) groups is 2. The van der Waals surface area contributed by atoms with Gasteiger partial charge in [0.05, 0.1) is 26.4 Å². The molecule has 15 nitrogen and oxygen atoms in total. The van der Waals surface area contributed by atoms with Crippen LogP contribution >= 0.6 is 15.6 Å². The van der Waals surface area contributed by atoms with Crippen LogP contribution in [0.15, 0.2) is 48.6 Å². The van der Waals surface area contributed by atoms with E-state index in [1.54, 1.807) is 0 Å². The Balaban J connectivity index is 3.94. The van der Waals surface area contributed by atoms with E-state index in [0.29, 0.717) is 19.3 Å². The highest BCUT2D eigenvalue weighted by molar-refractivity contribution is 7.47. The molecule has 0 saturated heterocycles. The van der Waals surface area contributed by atoms with Crippen LogP contribution in [0.2, 0.25) is 0 Å². The van der Waals surface area contributed by atoms with Crippen molar-refractivity contribution in [2.75, 3.05) is 39.6 Å². The Labute approximate surface area is 385 Å². The highest BCUT2D eigenvalue weighted by Gasteiger charge is 2.28. The number of carbonyl (C=O) groups excluding carboxylic acids is 2. The Morgan fingerprint density at radius 1 is 0.406 bits per heavy atom. The molecule has 0 aliphatic heterocycles. The Morgan fingerprint density at radius 2 is 0.688 bits per heavy atom. The largest absolute Gasteiger partial charge is 0.472 e. The predicted octanol–water partition coefficient (Wildman–Crippen LogP) is 10.8. The molecule has 0 aliphatic rings. The molecule has 0 aromatic carbocycles. The molecule has 17 heteroatoms. The normalized spacial score (nSPS) is 15.5. The number of esters is 2. The van der Waals surface area contributed by atoms with E-state index in [1.165, 1.54) is 89.9 Å². The number of hydrogen-bond donors (Lipinski definition) is 5. The monoisotopic (exact) mass is 953 g/mol. The lowest BCUT2D eigenvalue weighted by Gasteiger charge is -2.19. The minimum atomic E-state index is -4.80. The standard InChI is InChI=1S/C47H86O15P2/c1-3-5-7-9-11-13-15-17-19-20-22-24-26-28-30-32-34-36-47(52)58-38-44(49)40-60-64(55,56)62-42-45(50)41-61-63(53,54)59-39-43(48)37-57-46(51)35-33-31-29-27-25-23-21-18-16-14-12-10-8-6-4-2/h11,13,17,19,22,24,28,30,43-45,48-50H,3-10,12,14-16,18,20-21,23,25-27,29,31-42H2,1-2H3,(H,53,54)(H,55,56)/b13-11-,19-17-,24-22-,30-28-. The molecule has 64 heavy (non-hydrogen) atoms. The Bertz CT molecular complexity index is 1340. The number of hydrogen-bond acceptors (Lipinski definition) is 13. The number of phosphoric acid groups is 2. The predicted molar refractivity (Wildman–Crippen MR) is 251 cm³/mol. The van der Waals surface area contributed by atoms with Crippen molar-refractivity contribution in [3.05, 3.63) is 48.6 Å². The van der Waals surface area contributed by atoms with Crippen molar-refractivity contribution in [1.29, 1.82) is 0 Å². The minimum Gasteiger partial charge on any atom is -0.463 e. The third-order valence-corrected chi connectivity index (χ3v) is 11.7. The van der Waals surface area contributed by atoms with Gasteiger partial charge in [0.1, 0.15) is 31.5 Å². The minimum absolute atomic E-state index is 0.120. The van der Waals surface area contributed by atoms with Crippen molar-refractivity contribution in [3.63, 3.8) is 0 Å². The Hall–Kier alpha value is -2.00. The molecule has 374 valence electrons. The summed E-state index contributed by atoms with van der Waals surface area (Å²) in [5.41, 5.74) is 0. The average molecular weight is 953 g/mol. The zero-order valence-corrected chi connectivity index (χ0v) is 41.0. The molecule has 0 radical (unpaired) electrons. The van der Waals surface area contributed by atoms with Gasteiger partial charge in [0.25, 0.3) is 0 Å². The number of aliphatic hydroxyl groups is 3. The zero-order valence-electron chi connectivity index (χ0n) is 39.2. The zero-order chi connectivity index (χ0) is 47.4. The lowest BCUT2D eigenvalue weighted by atomic mass is 10.0. The van der Waals surface area contributed by atoms with Gasteiger partial charge in [0.2, 0.25) is 0 Å². The topological polar surface area (TPSA) is 225 Å². The molecule has 5 unspecified atom stereocenters. The van der Waals surface area contributed by atoms with Gasteiger partial charge in [-0.05, 0) is 51.4 Å². The van der Waals surface area contributed by atoms with Crippen LogP contribution in [0.4, 0.5) is 0 Å².